The maximum Gasteiger partial charge on any atom is 0.242 e. The van der Waals surface area contributed by atoms with E-state index in [2.05, 4.69) is 15.5 Å². The van der Waals surface area contributed by atoms with Gasteiger partial charge in [0.2, 0.25) is 5.91 Å². The third kappa shape index (κ3) is 5.50. The van der Waals surface area contributed by atoms with E-state index in [1.807, 2.05) is 92.7 Å². The largest absolute Gasteiger partial charge is 0.325 e. The number of anilines is 1. The highest BCUT2D eigenvalue weighted by molar-refractivity contribution is 8.00. The van der Waals surface area contributed by atoms with E-state index < -0.39 is 16.9 Å². The molecule has 190 valence electrons. The predicted octanol–water partition coefficient (Wildman–Crippen LogP) is 7.30. The van der Waals surface area contributed by atoms with Gasteiger partial charge in [-0.1, -0.05) is 78.5 Å². The molecule has 38 heavy (non-hydrogen) atoms. The number of nitrogens with one attached hydrogen (secondary N) is 1. The van der Waals surface area contributed by atoms with Crippen LogP contribution < -0.4 is 5.32 Å². The van der Waals surface area contributed by atoms with Crippen molar-refractivity contribution in [2.75, 3.05) is 5.32 Å². The van der Waals surface area contributed by atoms with Gasteiger partial charge in [-0.2, -0.15) is 0 Å². The van der Waals surface area contributed by atoms with Crippen molar-refractivity contribution in [3.05, 3.63) is 125 Å². The third-order valence-electron chi connectivity index (χ3n) is 5.87. The smallest absolute Gasteiger partial charge is 0.242 e. The Bertz CT molecular complexity index is 1570. The standard InChI is InChI=1S/C30H24F2N4OS/c1-19-15-20(2)17-24(16-19)33-29(37)27(21-9-5-3-6-10-21)38-30-35-34-28(22-11-7-4-8-12-22)36(30)26-14-13-23(31)18-25(26)32/h3-18,27H,1-2H3,(H,33,37)/t27-/m0/s1. The minimum Gasteiger partial charge on any atom is -0.325 e. The van der Waals surface area contributed by atoms with Crippen LogP contribution in [-0.4, -0.2) is 20.7 Å². The van der Waals surface area contributed by atoms with E-state index in [1.54, 1.807) is 0 Å². The van der Waals surface area contributed by atoms with E-state index in [1.165, 1.54) is 16.7 Å². The van der Waals surface area contributed by atoms with E-state index in [0.29, 0.717) is 22.2 Å². The van der Waals surface area contributed by atoms with Gasteiger partial charge in [0.05, 0.1) is 5.69 Å². The maximum absolute atomic E-state index is 15.1. The molecule has 8 heteroatoms. The molecule has 1 atom stereocenters. The van der Waals surface area contributed by atoms with Crippen LogP contribution in [0.4, 0.5) is 14.5 Å². The van der Waals surface area contributed by atoms with Gasteiger partial charge in [0.25, 0.3) is 0 Å². The summed E-state index contributed by atoms with van der Waals surface area (Å²) in [7, 11) is 0. The highest BCUT2D eigenvalue weighted by atomic mass is 32.2. The molecular formula is C30H24F2N4OS. The Morgan fingerprint density at radius 3 is 2.16 bits per heavy atom. The van der Waals surface area contributed by atoms with Gasteiger partial charge in [-0.3, -0.25) is 9.36 Å². The number of aryl methyl sites for hydroxylation is 2. The minimum absolute atomic E-state index is 0.0827. The molecular weight excluding hydrogens is 502 g/mol. The van der Waals surface area contributed by atoms with Gasteiger partial charge in [0.15, 0.2) is 11.0 Å². The number of rotatable bonds is 7. The molecule has 0 bridgehead atoms. The fraction of sp³-hybridized carbons (Fsp3) is 0.100. The van der Waals surface area contributed by atoms with Gasteiger partial charge < -0.3 is 5.32 Å². The summed E-state index contributed by atoms with van der Waals surface area (Å²) in [5.41, 5.74) is 4.28. The number of carbonyl (C=O) groups excluding carboxylic acids is 1. The molecule has 5 nitrogen and oxygen atoms in total. The third-order valence-corrected chi connectivity index (χ3v) is 7.07. The summed E-state index contributed by atoms with van der Waals surface area (Å²) < 4.78 is 30.4. The lowest BCUT2D eigenvalue weighted by molar-refractivity contribution is -0.115. The zero-order chi connectivity index (χ0) is 26.6. The average molecular weight is 527 g/mol. The molecule has 0 saturated heterocycles. The number of carbonyl (C=O) groups is 1. The highest BCUT2D eigenvalue weighted by Crippen LogP contribution is 2.38. The number of halogens is 2. The van der Waals surface area contributed by atoms with Crippen LogP contribution in [0.1, 0.15) is 21.9 Å². The summed E-state index contributed by atoms with van der Waals surface area (Å²) in [6, 6.07) is 27.7. The van der Waals surface area contributed by atoms with Crippen LogP contribution in [0.25, 0.3) is 17.1 Å². The van der Waals surface area contributed by atoms with Crippen LogP contribution >= 0.6 is 11.8 Å². The van der Waals surface area contributed by atoms with E-state index in [0.717, 1.165) is 34.5 Å². The van der Waals surface area contributed by atoms with Crippen molar-refractivity contribution in [1.82, 2.24) is 14.8 Å². The molecule has 0 aliphatic carbocycles. The molecule has 0 aliphatic rings. The van der Waals surface area contributed by atoms with Crippen LogP contribution in [0.2, 0.25) is 0 Å². The van der Waals surface area contributed by atoms with Crippen LogP contribution in [0.15, 0.2) is 102 Å². The fourth-order valence-corrected chi connectivity index (χ4v) is 5.31. The number of thioether (sulfide) groups is 1. The molecule has 0 aliphatic heterocycles. The van der Waals surface area contributed by atoms with Crippen molar-refractivity contribution in [1.29, 1.82) is 0 Å². The number of nitrogens with zero attached hydrogens (tertiary/aromatic N) is 3. The van der Waals surface area contributed by atoms with Crippen molar-refractivity contribution in [3.8, 4) is 17.1 Å². The molecule has 0 saturated carbocycles. The van der Waals surface area contributed by atoms with Crippen molar-refractivity contribution < 1.29 is 13.6 Å². The van der Waals surface area contributed by atoms with Gasteiger partial charge in [-0.15, -0.1) is 10.2 Å². The van der Waals surface area contributed by atoms with Gasteiger partial charge in [-0.05, 0) is 54.8 Å². The molecule has 1 N–H and O–H groups in total. The molecule has 5 aromatic rings. The Labute approximate surface area is 223 Å². The summed E-state index contributed by atoms with van der Waals surface area (Å²) >= 11 is 1.14. The molecule has 1 amide bonds. The molecule has 0 spiro atoms. The van der Waals surface area contributed by atoms with Crippen LogP contribution in [0.5, 0.6) is 0 Å². The van der Waals surface area contributed by atoms with Gasteiger partial charge in [0.1, 0.15) is 16.9 Å². The van der Waals surface area contributed by atoms with Crippen molar-refractivity contribution >= 4 is 23.4 Å². The number of benzene rings is 4. The minimum atomic E-state index is -0.764. The van der Waals surface area contributed by atoms with Gasteiger partial charge >= 0.3 is 0 Å². The lowest BCUT2D eigenvalue weighted by atomic mass is 10.1. The summed E-state index contributed by atoms with van der Waals surface area (Å²) in [5, 5.41) is 11.3. The van der Waals surface area contributed by atoms with E-state index in [-0.39, 0.29) is 11.6 Å². The summed E-state index contributed by atoms with van der Waals surface area (Å²) in [6.07, 6.45) is 0. The topological polar surface area (TPSA) is 59.8 Å². The second-order valence-corrected chi connectivity index (χ2v) is 9.95. The summed E-state index contributed by atoms with van der Waals surface area (Å²) in [5.74, 6) is -1.34. The second-order valence-electron chi connectivity index (χ2n) is 8.88. The first-order valence-electron chi connectivity index (χ1n) is 12.0. The molecule has 0 radical (unpaired) electrons. The Hall–Kier alpha value is -4.30. The number of amides is 1. The van der Waals surface area contributed by atoms with E-state index in [9.17, 15) is 9.18 Å². The molecule has 1 aromatic heterocycles. The fourth-order valence-electron chi connectivity index (χ4n) is 4.26. The van der Waals surface area contributed by atoms with Gasteiger partial charge in [-0.25, -0.2) is 8.78 Å². The number of hydrogen-bond acceptors (Lipinski definition) is 4. The summed E-state index contributed by atoms with van der Waals surface area (Å²) in [6.45, 7) is 3.94. The highest BCUT2D eigenvalue weighted by Gasteiger charge is 2.27. The molecule has 0 unspecified atom stereocenters. The van der Waals surface area contributed by atoms with E-state index in [4.69, 9.17) is 0 Å². The molecule has 1 heterocycles. The second kappa shape index (κ2) is 11.0. The SMILES string of the molecule is Cc1cc(C)cc(NC(=O)[C@@H](Sc2nnc(-c3ccccc3)n2-c2ccc(F)cc2F)c2ccccc2)c1. The first kappa shape index (κ1) is 25.4. The quantitative estimate of drug-likeness (QED) is 0.226. The first-order chi connectivity index (χ1) is 18.4. The van der Waals surface area contributed by atoms with Gasteiger partial charge in [0, 0.05) is 17.3 Å². The Balaban J connectivity index is 1.59. The maximum atomic E-state index is 15.1. The number of aromatic nitrogens is 3. The van der Waals surface area contributed by atoms with Crippen LogP contribution in [0.3, 0.4) is 0 Å². The molecule has 4 aromatic carbocycles. The normalized spacial score (nSPS) is 11.8. The van der Waals surface area contributed by atoms with Crippen molar-refractivity contribution in [2.24, 2.45) is 0 Å². The lowest BCUT2D eigenvalue weighted by Gasteiger charge is -2.18. The Morgan fingerprint density at radius 2 is 1.50 bits per heavy atom. The zero-order valence-electron chi connectivity index (χ0n) is 20.7. The Kier molecular flexibility index (Phi) is 7.33. The lowest BCUT2D eigenvalue weighted by Crippen LogP contribution is -2.19. The van der Waals surface area contributed by atoms with E-state index >= 15 is 4.39 Å². The van der Waals surface area contributed by atoms with Crippen molar-refractivity contribution in [3.63, 3.8) is 0 Å². The van der Waals surface area contributed by atoms with Crippen molar-refractivity contribution in [2.45, 2.75) is 24.3 Å². The molecule has 0 fully saturated rings. The average Bonchev–Trinajstić information content (AvgIpc) is 3.31. The predicted molar refractivity (Wildman–Crippen MR) is 146 cm³/mol. The van der Waals surface area contributed by atoms with Crippen LogP contribution in [-0.2, 0) is 4.79 Å². The Morgan fingerprint density at radius 1 is 0.842 bits per heavy atom. The zero-order valence-corrected chi connectivity index (χ0v) is 21.5. The van der Waals surface area contributed by atoms with Crippen LogP contribution in [0, 0.1) is 25.5 Å². The summed E-state index contributed by atoms with van der Waals surface area (Å²) in [4.78, 5) is 13.7. The monoisotopic (exact) mass is 526 g/mol. The number of hydrogen-bond donors (Lipinski definition) is 1. The first-order valence-corrected chi connectivity index (χ1v) is 12.8. The molecule has 5 rings (SSSR count).